The number of carbonyl (C=O) groups excluding carboxylic acids is 1. The molecule has 2 N–H and O–H groups in total. The van der Waals surface area contributed by atoms with E-state index in [1.807, 2.05) is 0 Å². The third-order valence-corrected chi connectivity index (χ3v) is 3.37. The van der Waals surface area contributed by atoms with E-state index in [0.29, 0.717) is 10.0 Å². The van der Waals surface area contributed by atoms with E-state index < -0.39 is 5.82 Å². The van der Waals surface area contributed by atoms with Crippen molar-refractivity contribution in [1.82, 2.24) is 10.8 Å². The predicted octanol–water partition coefficient (Wildman–Crippen LogP) is 2.00. The van der Waals surface area contributed by atoms with Gasteiger partial charge in [0.2, 0.25) is 0 Å². The van der Waals surface area contributed by atoms with Crippen molar-refractivity contribution in [2.24, 2.45) is 0 Å². The molecule has 0 spiro atoms. The molecule has 1 atom stereocenters. The number of rotatable bonds is 5. The van der Waals surface area contributed by atoms with Gasteiger partial charge in [-0.25, -0.2) is 4.39 Å². The fourth-order valence-corrected chi connectivity index (χ4v) is 1.99. The molecule has 0 radical (unpaired) electrons. The Balaban J connectivity index is 1.81. The lowest BCUT2D eigenvalue weighted by atomic mass is 10.1. The summed E-state index contributed by atoms with van der Waals surface area (Å²) < 4.78 is 13.6. The van der Waals surface area contributed by atoms with Gasteiger partial charge in [-0.05, 0) is 53.5 Å². The Bertz CT molecular complexity index is 436. The number of Topliss-reactive ketones (excluding diaryl/α,β-unsaturated/α-hetero) is 1. The quantitative estimate of drug-likeness (QED) is 0.644. The molecule has 0 aromatic heterocycles. The smallest absolute Gasteiger partial charge is 0.190 e. The topological polar surface area (TPSA) is 50.4 Å². The van der Waals surface area contributed by atoms with Gasteiger partial charge in [-0.1, -0.05) is 0 Å². The van der Waals surface area contributed by atoms with Crippen LogP contribution >= 0.6 is 15.9 Å². The molecule has 1 unspecified atom stereocenters. The van der Waals surface area contributed by atoms with E-state index in [1.165, 1.54) is 12.1 Å². The number of hydrogen-bond acceptors (Lipinski definition) is 4. The average Bonchev–Trinajstić information content (AvgIpc) is 2.85. The molecular formula is C12H14BrFN2O2. The normalized spacial score (nSPS) is 19.1. The molecule has 0 saturated carbocycles. The summed E-state index contributed by atoms with van der Waals surface area (Å²) in [5, 5.41) is 3.17. The van der Waals surface area contributed by atoms with Crippen LogP contribution in [0.15, 0.2) is 22.7 Å². The van der Waals surface area contributed by atoms with Crippen molar-refractivity contribution in [3.8, 4) is 0 Å². The van der Waals surface area contributed by atoms with Crippen molar-refractivity contribution >= 4 is 21.7 Å². The molecule has 18 heavy (non-hydrogen) atoms. The molecule has 6 heteroatoms. The molecule has 1 fully saturated rings. The van der Waals surface area contributed by atoms with Crippen molar-refractivity contribution in [2.45, 2.75) is 19.0 Å². The number of carbonyl (C=O) groups is 1. The minimum Gasteiger partial charge on any atom is -0.300 e. The van der Waals surface area contributed by atoms with Gasteiger partial charge < -0.3 is 5.32 Å². The average molecular weight is 317 g/mol. The molecule has 0 aliphatic carbocycles. The summed E-state index contributed by atoms with van der Waals surface area (Å²) in [6, 6.07) is 4.27. The second kappa shape index (κ2) is 6.38. The number of ketones is 1. The number of halogens is 2. The van der Waals surface area contributed by atoms with Crippen LogP contribution in [0.1, 0.15) is 23.2 Å². The SMILES string of the molecule is O=C(CONC1CCCN1)c1ccc(Br)c(F)c1. The van der Waals surface area contributed by atoms with Gasteiger partial charge in [0.15, 0.2) is 5.78 Å². The lowest BCUT2D eigenvalue weighted by molar-refractivity contribution is 0.0161. The van der Waals surface area contributed by atoms with E-state index in [1.54, 1.807) is 6.07 Å². The largest absolute Gasteiger partial charge is 0.300 e. The zero-order valence-electron chi connectivity index (χ0n) is 9.71. The van der Waals surface area contributed by atoms with Crippen LogP contribution in [0, 0.1) is 5.82 Å². The van der Waals surface area contributed by atoms with Crippen LogP contribution in [0.25, 0.3) is 0 Å². The summed E-state index contributed by atoms with van der Waals surface area (Å²) in [5.74, 6) is -0.710. The summed E-state index contributed by atoms with van der Waals surface area (Å²) in [4.78, 5) is 16.8. The van der Waals surface area contributed by atoms with Gasteiger partial charge in [0.25, 0.3) is 0 Å². The van der Waals surface area contributed by atoms with Gasteiger partial charge in [0, 0.05) is 5.56 Å². The highest BCUT2D eigenvalue weighted by molar-refractivity contribution is 9.10. The Hall–Kier alpha value is -0.820. The van der Waals surface area contributed by atoms with Crippen LogP contribution in [0.5, 0.6) is 0 Å². The Morgan fingerprint density at radius 1 is 1.61 bits per heavy atom. The minimum atomic E-state index is -0.453. The predicted molar refractivity (Wildman–Crippen MR) is 68.5 cm³/mol. The number of hydroxylamine groups is 1. The third-order valence-electron chi connectivity index (χ3n) is 2.73. The first-order valence-corrected chi connectivity index (χ1v) is 6.55. The number of nitrogens with one attached hydrogen (secondary N) is 2. The Morgan fingerprint density at radius 3 is 3.11 bits per heavy atom. The van der Waals surface area contributed by atoms with Gasteiger partial charge in [0.1, 0.15) is 12.4 Å². The highest BCUT2D eigenvalue weighted by Crippen LogP contribution is 2.16. The summed E-state index contributed by atoms with van der Waals surface area (Å²) >= 11 is 3.04. The molecule has 4 nitrogen and oxygen atoms in total. The zero-order valence-corrected chi connectivity index (χ0v) is 11.3. The molecule has 1 aromatic carbocycles. The van der Waals surface area contributed by atoms with Crippen molar-refractivity contribution < 1.29 is 14.0 Å². The van der Waals surface area contributed by atoms with Crippen molar-refractivity contribution in [3.63, 3.8) is 0 Å². The molecular weight excluding hydrogens is 303 g/mol. The van der Waals surface area contributed by atoms with E-state index in [4.69, 9.17) is 4.84 Å². The van der Waals surface area contributed by atoms with Crippen LogP contribution in [0.3, 0.4) is 0 Å². The van der Waals surface area contributed by atoms with Gasteiger partial charge in [0.05, 0.1) is 10.6 Å². The van der Waals surface area contributed by atoms with E-state index in [0.717, 1.165) is 19.4 Å². The molecule has 1 aliphatic heterocycles. The summed E-state index contributed by atoms with van der Waals surface area (Å²) in [5.41, 5.74) is 3.08. The Kier molecular flexibility index (Phi) is 4.82. The lowest BCUT2D eigenvalue weighted by Crippen LogP contribution is -2.38. The first-order chi connectivity index (χ1) is 8.66. The van der Waals surface area contributed by atoms with E-state index >= 15 is 0 Å². The standard InChI is InChI=1S/C12H14BrFN2O2/c13-9-4-3-8(6-10(9)14)11(17)7-18-16-12-2-1-5-15-12/h3-4,6,12,15-16H,1-2,5,7H2. The van der Waals surface area contributed by atoms with Crippen molar-refractivity contribution in [3.05, 3.63) is 34.1 Å². The lowest BCUT2D eigenvalue weighted by Gasteiger charge is -2.12. The summed E-state index contributed by atoms with van der Waals surface area (Å²) in [7, 11) is 0. The molecule has 2 rings (SSSR count). The summed E-state index contributed by atoms with van der Waals surface area (Å²) in [6.45, 7) is 0.839. The fraction of sp³-hybridized carbons (Fsp3) is 0.417. The molecule has 1 aromatic rings. The van der Waals surface area contributed by atoms with E-state index in [-0.39, 0.29) is 18.6 Å². The number of benzene rings is 1. The molecule has 1 aliphatic rings. The van der Waals surface area contributed by atoms with Crippen LogP contribution in [-0.2, 0) is 4.84 Å². The van der Waals surface area contributed by atoms with Gasteiger partial charge in [-0.3, -0.25) is 9.63 Å². The zero-order chi connectivity index (χ0) is 13.0. The van der Waals surface area contributed by atoms with Gasteiger partial charge >= 0.3 is 0 Å². The second-order valence-electron chi connectivity index (χ2n) is 4.11. The molecule has 98 valence electrons. The maximum Gasteiger partial charge on any atom is 0.190 e. The first kappa shape index (κ1) is 13.6. The van der Waals surface area contributed by atoms with Crippen LogP contribution < -0.4 is 10.8 Å². The molecule has 0 amide bonds. The second-order valence-corrected chi connectivity index (χ2v) is 4.96. The molecule has 1 saturated heterocycles. The van der Waals surface area contributed by atoms with Crippen LogP contribution in [0.4, 0.5) is 4.39 Å². The summed E-state index contributed by atoms with van der Waals surface area (Å²) in [6.07, 6.45) is 2.16. The van der Waals surface area contributed by atoms with E-state index in [2.05, 4.69) is 26.7 Å². The number of hydrogen-bond donors (Lipinski definition) is 2. The van der Waals surface area contributed by atoms with Crippen LogP contribution in [-0.4, -0.2) is 25.1 Å². The van der Waals surface area contributed by atoms with Crippen molar-refractivity contribution in [2.75, 3.05) is 13.2 Å². The maximum atomic E-state index is 13.2. The Morgan fingerprint density at radius 2 is 2.44 bits per heavy atom. The first-order valence-electron chi connectivity index (χ1n) is 5.76. The maximum absolute atomic E-state index is 13.2. The monoisotopic (exact) mass is 316 g/mol. The highest BCUT2D eigenvalue weighted by atomic mass is 79.9. The fourth-order valence-electron chi connectivity index (χ4n) is 1.75. The third kappa shape index (κ3) is 3.58. The van der Waals surface area contributed by atoms with Gasteiger partial charge in [-0.2, -0.15) is 5.48 Å². The highest BCUT2D eigenvalue weighted by Gasteiger charge is 2.14. The van der Waals surface area contributed by atoms with Crippen LogP contribution in [0.2, 0.25) is 0 Å². The van der Waals surface area contributed by atoms with Crippen molar-refractivity contribution in [1.29, 1.82) is 0 Å². The molecule has 1 heterocycles. The van der Waals surface area contributed by atoms with E-state index in [9.17, 15) is 9.18 Å². The minimum absolute atomic E-state index is 0.0967. The van der Waals surface area contributed by atoms with Gasteiger partial charge in [-0.15, -0.1) is 0 Å². The Labute approximate surface area is 113 Å². The molecule has 0 bridgehead atoms.